The minimum absolute atomic E-state index is 0.134. The number of sulfonamides is 1. The van der Waals surface area contributed by atoms with E-state index in [0.717, 1.165) is 11.1 Å². The van der Waals surface area contributed by atoms with Crippen LogP contribution in [0.1, 0.15) is 24.2 Å². The lowest BCUT2D eigenvalue weighted by atomic mass is 9.96. The van der Waals surface area contributed by atoms with Gasteiger partial charge in [0.2, 0.25) is 16.0 Å². The molecule has 11 heteroatoms. The average molecular weight is 458 g/mol. The van der Waals surface area contributed by atoms with Crippen molar-refractivity contribution in [3.8, 4) is 11.1 Å². The molecule has 2 aromatic carbocycles. The Kier molecular flexibility index (Phi) is 6.19. The van der Waals surface area contributed by atoms with E-state index < -0.39 is 10.0 Å². The van der Waals surface area contributed by atoms with Crippen molar-refractivity contribution in [2.75, 3.05) is 30.3 Å². The number of nitrogens with one attached hydrogen (secondary N) is 2. The molecule has 0 spiro atoms. The van der Waals surface area contributed by atoms with E-state index in [2.05, 4.69) is 25.5 Å². The molecule has 0 saturated carbocycles. The number of aliphatic imine (C=N–C) groups is 1. The molecule has 1 atom stereocenters. The van der Waals surface area contributed by atoms with Gasteiger partial charge in [0.15, 0.2) is 0 Å². The van der Waals surface area contributed by atoms with Crippen LogP contribution in [0.4, 0.5) is 10.3 Å². The Balaban J connectivity index is 1.47. The van der Waals surface area contributed by atoms with Crippen LogP contribution in [0.5, 0.6) is 0 Å². The summed E-state index contributed by atoms with van der Waals surface area (Å²) in [6.07, 6.45) is 0. The molecular formula is C21H24FN7O2S. The Morgan fingerprint density at radius 1 is 1.25 bits per heavy atom. The maximum absolute atomic E-state index is 14.8. The van der Waals surface area contributed by atoms with Gasteiger partial charge < -0.3 is 5.32 Å². The Morgan fingerprint density at radius 2 is 2.03 bits per heavy atom. The molecule has 1 unspecified atom stereocenters. The molecule has 0 bridgehead atoms. The van der Waals surface area contributed by atoms with Gasteiger partial charge in [-0.15, -0.1) is 5.10 Å². The monoisotopic (exact) mass is 457 g/mol. The number of guanidine groups is 1. The van der Waals surface area contributed by atoms with E-state index in [1.807, 2.05) is 43.3 Å². The lowest BCUT2D eigenvalue weighted by Gasteiger charge is -2.17. The van der Waals surface area contributed by atoms with Crippen molar-refractivity contribution in [1.29, 1.82) is 0 Å². The van der Waals surface area contributed by atoms with E-state index in [4.69, 9.17) is 5.14 Å². The third-order valence-electron chi connectivity index (χ3n) is 5.23. The van der Waals surface area contributed by atoms with Crippen molar-refractivity contribution in [3.05, 3.63) is 65.7 Å². The molecule has 1 aromatic heterocycles. The average Bonchev–Trinajstić information content (AvgIpc) is 3.42. The summed E-state index contributed by atoms with van der Waals surface area (Å²) < 4.78 is 37.0. The van der Waals surface area contributed by atoms with Crippen molar-refractivity contribution >= 4 is 21.9 Å². The zero-order valence-corrected chi connectivity index (χ0v) is 18.3. The minimum Gasteiger partial charge on any atom is -0.355 e. The zero-order valence-electron chi connectivity index (χ0n) is 17.5. The van der Waals surface area contributed by atoms with Gasteiger partial charge in [0.25, 0.3) is 5.95 Å². The summed E-state index contributed by atoms with van der Waals surface area (Å²) in [6, 6.07) is 14.6. The Labute approximate surface area is 185 Å². The number of benzene rings is 2. The second kappa shape index (κ2) is 9.05. The SMILES string of the molecule is CC(c1ccc(-c2ccccc2)c(F)c1)c1nc(N2CCN=C2NCCS(N)(=O)=O)n[nH]1. The van der Waals surface area contributed by atoms with Crippen LogP contribution in [-0.2, 0) is 10.0 Å². The minimum atomic E-state index is -3.56. The van der Waals surface area contributed by atoms with Crippen LogP contribution in [0.3, 0.4) is 0 Å². The number of H-pyrrole nitrogens is 1. The molecule has 0 amide bonds. The highest BCUT2D eigenvalue weighted by molar-refractivity contribution is 7.89. The molecule has 0 radical (unpaired) electrons. The molecule has 0 fully saturated rings. The van der Waals surface area contributed by atoms with Gasteiger partial charge >= 0.3 is 0 Å². The fourth-order valence-corrected chi connectivity index (χ4v) is 3.87. The van der Waals surface area contributed by atoms with Gasteiger partial charge in [-0.3, -0.25) is 15.0 Å². The summed E-state index contributed by atoms with van der Waals surface area (Å²) in [7, 11) is -3.56. The van der Waals surface area contributed by atoms with E-state index in [0.29, 0.717) is 36.4 Å². The highest BCUT2D eigenvalue weighted by atomic mass is 32.2. The maximum Gasteiger partial charge on any atom is 0.251 e. The van der Waals surface area contributed by atoms with Gasteiger partial charge in [0.1, 0.15) is 11.6 Å². The topological polar surface area (TPSA) is 129 Å². The first-order chi connectivity index (χ1) is 15.3. The highest BCUT2D eigenvalue weighted by Gasteiger charge is 2.24. The Bertz CT molecular complexity index is 1230. The van der Waals surface area contributed by atoms with Crippen LogP contribution in [0.25, 0.3) is 11.1 Å². The molecule has 4 N–H and O–H groups in total. The standard InChI is InChI=1S/C21H24FN7O2S/c1-14(16-7-8-17(18(22)13-16)15-5-3-2-4-6-15)19-26-21(28-27-19)29-11-9-24-20(29)25-10-12-32(23,30)31/h2-8,13-14H,9-12H2,1H3,(H,24,25)(H2,23,30,31)(H,26,27,28). The summed E-state index contributed by atoms with van der Waals surface area (Å²) in [4.78, 5) is 10.6. The van der Waals surface area contributed by atoms with E-state index in [9.17, 15) is 12.8 Å². The van der Waals surface area contributed by atoms with Crippen LogP contribution >= 0.6 is 0 Å². The van der Waals surface area contributed by atoms with Crippen molar-refractivity contribution < 1.29 is 12.8 Å². The summed E-state index contributed by atoms with van der Waals surface area (Å²) in [5, 5.41) is 15.2. The molecule has 3 aromatic rings. The van der Waals surface area contributed by atoms with Gasteiger partial charge in [-0.05, 0) is 17.2 Å². The quantitative estimate of drug-likeness (QED) is 0.496. The number of anilines is 1. The van der Waals surface area contributed by atoms with Crippen molar-refractivity contribution in [1.82, 2.24) is 20.5 Å². The number of primary sulfonamides is 1. The van der Waals surface area contributed by atoms with Gasteiger partial charge in [-0.25, -0.2) is 17.9 Å². The van der Waals surface area contributed by atoms with Crippen LogP contribution < -0.4 is 15.4 Å². The fourth-order valence-electron chi connectivity index (χ4n) is 3.49. The second-order valence-corrected chi connectivity index (χ2v) is 9.23. The molecule has 32 heavy (non-hydrogen) atoms. The number of nitrogens with zero attached hydrogens (tertiary/aromatic N) is 4. The summed E-state index contributed by atoms with van der Waals surface area (Å²) >= 11 is 0. The van der Waals surface area contributed by atoms with Gasteiger partial charge in [0.05, 0.1) is 12.3 Å². The smallest absolute Gasteiger partial charge is 0.251 e. The molecular weight excluding hydrogens is 433 g/mol. The lowest BCUT2D eigenvalue weighted by Crippen LogP contribution is -2.41. The number of rotatable bonds is 7. The second-order valence-electron chi connectivity index (χ2n) is 7.50. The van der Waals surface area contributed by atoms with Gasteiger partial charge in [-0.2, -0.15) is 4.98 Å². The first kappa shape index (κ1) is 21.9. The third kappa shape index (κ3) is 4.94. The van der Waals surface area contributed by atoms with Gasteiger partial charge in [-0.1, -0.05) is 49.4 Å². The number of hydrogen-bond donors (Lipinski definition) is 3. The molecule has 1 aliphatic heterocycles. The van der Waals surface area contributed by atoms with E-state index in [1.165, 1.54) is 6.07 Å². The number of aromatic amines is 1. The van der Waals surface area contributed by atoms with Crippen LogP contribution in [-0.4, -0.2) is 54.9 Å². The highest BCUT2D eigenvalue weighted by Crippen LogP contribution is 2.28. The fraction of sp³-hybridized carbons (Fsp3) is 0.286. The van der Waals surface area contributed by atoms with Crippen molar-refractivity contribution in [2.24, 2.45) is 10.1 Å². The first-order valence-corrected chi connectivity index (χ1v) is 11.9. The molecule has 1 aliphatic rings. The molecule has 4 rings (SSSR count). The molecule has 0 aliphatic carbocycles. The third-order valence-corrected chi connectivity index (χ3v) is 6.00. The van der Waals surface area contributed by atoms with Crippen LogP contribution in [0, 0.1) is 5.82 Å². The number of halogens is 1. The maximum atomic E-state index is 14.8. The Morgan fingerprint density at radius 3 is 2.75 bits per heavy atom. The van der Waals surface area contributed by atoms with Crippen LogP contribution in [0.15, 0.2) is 53.5 Å². The van der Waals surface area contributed by atoms with E-state index >= 15 is 0 Å². The molecule has 0 saturated heterocycles. The number of hydrogen-bond acceptors (Lipinski definition) is 7. The predicted molar refractivity (Wildman–Crippen MR) is 121 cm³/mol. The number of aromatic nitrogens is 3. The van der Waals surface area contributed by atoms with E-state index in [1.54, 1.807) is 11.0 Å². The normalized spacial score (nSPS) is 15.0. The summed E-state index contributed by atoms with van der Waals surface area (Å²) in [6.45, 7) is 3.15. The van der Waals surface area contributed by atoms with Crippen molar-refractivity contribution in [2.45, 2.75) is 12.8 Å². The summed E-state index contributed by atoms with van der Waals surface area (Å²) in [5.74, 6) is 0.767. The molecule has 2 heterocycles. The zero-order chi connectivity index (χ0) is 22.7. The first-order valence-electron chi connectivity index (χ1n) is 10.2. The summed E-state index contributed by atoms with van der Waals surface area (Å²) in [5.41, 5.74) is 2.14. The van der Waals surface area contributed by atoms with Crippen LogP contribution in [0.2, 0.25) is 0 Å². The largest absolute Gasteiger partial charge is 0.355 e. The lowest BCUT2D eigenvalue weighted by molar-refractivity contribution is 0.596. The Hall–Kier alpha value is -3.31. The molecule has 9 nitrogen and oxygen atoms in total. The van der Waals surface area contributed by atoms with Gasteiger partial charge in [0, 0.05) is 24.6 Å². The predicted octanol–water partition coefficient (Wildman–Crippen LogP) is 1.82. The molecule has 168 valence electrons. The van der Waals surface area contributed by atoms with Crippen molar-refractivity contribution in [3.63, 3.8) is 0 Å². The number of nitrogens with two attached hydrogens (primary N) is 1. The van der Waals surface area contributed by atoms with E-state index in [-0.39, 0.29) is 24.0 Å².